The van der Waals surface area contributed by atoms with E-state index in [1.165, 1.54) is 24.3 Å². The second-order valence-electron chi connectivity index (χ2n) is 6.35. The predicted octanol–water partition coefficient (Wildman–Crippen LogP) is 0.614. The zero-order valence-electron chi connectivity index (χ0n) is 13.9. The fourth-order valence-electron chi connectivity index (χ4n) is 3.28. The number of allylic oxidation sites excluding steroid dienone is 2. The molecule has 26 heavy (non-hydrogen) atoms. The van der Waals surface area contributed by atoms with Gasteiger partial charge in [0.15, 0.2) is 0 Å². The molecule has 0 aromatic heterocycles. The Morgan fingerprint density at radius 1 is 1.15 bits per heavy atom. The Balaban J connectivity index is 1.60. The molecule has 1 saturated heterocycles. The minimum atomic E-state index is -3.87. The lowest BCUT2D eigenvalue weighted by molar-refractivity contribution is -0.140. The number of carbonyl (C=O) groups excluding carboxylic acids is 3. The van der Waals surface area contributed by atoms with Crippen LogP contribution in [0.4, 0.5) is 5.69 Å². The molecule has 0 bridgehead atoms. The van der Waals surface area contributed by atoms with E-state index in [4.69, 9.17) is 5.14 Å². The number of hydrogen-bond acceptors (Lipinski definition) is 5. The van der Waals surface area contributed by atoms with Crippen molar-refractivity contribution in [3.05, 3.63) is 36.4 Å². The van der Waals surface area contributed by atoms with E-state index < -0.39 is 15.9 Å². The molecular weight excluding hydrogens is 358 g/mol. The fourth-order valence-corrected chi connectivity index (χ4v) is 3.84. The highest BCUT2D eigenvalue weighted by molar-refractivity contribution is 7.89. The van der Waals surface area contributed by atoms with Crippen molar-refractivity contribution in [2.75, 3.05) is 11.9 Å². The number of nitrogens with one attached hydrogen (secondary N) is 1. The SMILES string of the molecule is NS(=O)(=O)c1cccc(NC(=O)CCN2C(=O)C3CC=CCC3C2=O)c1. The van der Waals surface area contributed by atoms with Crippen LogP contribution in [0.15, 0.2) is 41.3 Å². The lowest BCUT2D eigenvalue weighted by Gasteiger charge is -2.14. The number of rotatable bonds is 5. The van der Waals surface area contributed by atoms with Crippen LogP contribution in [-0.4, -0.2) is 37.6 Å². The van der Waals surface area contributed by atoms with E-state index in [0.29, 0.717) is 12.8 Å². The highest BCUT2D eigenvalue weighted by Gasteiger charge is 2.46. The second-order valence-corrected chi connectivity index (χ2v) is 7.92. The fraction of sp³-hybridized carbons (Fsp3) is 0.353. The van der Waals surface area contributed by atoms with E-state index in [-0.39, 0.29) is 47.2 Å². The topological polar surface area (TPSA) is 127 Å². The number of nitrogens with zero attached hydrogens (tertiary/aromatic N) is 1. The van der Waals surface area contributed by atoms with Gasteiger partial charge in [-0.1, -0.05) is 18.2 Å². The van der Waals surface area contributed by atoms with Crippen molar-refractivity contribution in [3.63, 3.8) is 0 Å². The Morgan fingerprint density at radius 3 is 2.35 bits per heavy atom. The van der Waals surface area contributed by atoms with E-state index in [0.717, 1.165) is 4.90 Å². The first-order chi connectivity index (χ1) is 12.3. The maximum Gasteiger partial charge on any atom is 0.238 e. The molecule has 2 unspecified atom stereocenters. The number of primary sulfonamides is 1. The lowest BCUT2D eigenvalue weighted by Crippen LogP contribution is -2.34. The highest BCUT2D eigenvalue weighted by atomic mass is 32.2. The molecule has 1 aliphatic heterocycles. The highest BCUT2D eigenvalue weighted by Crippen LogP contribution is 2.35. The molecule has 0 radical (unpaired) electrons. The van der Waals surface area contributed by atoms with Crippen LogP contribution in [0.5, 0.6) is 0 Å². The van der Waals surface area contributed by atoms with Gasteiger partial charge >= 0.3 is 0 Å². The first kappa shape index (κ1) is 18.3. The molecule has 3 rings (SSSR count). The summed E-state index contributed by atoms with van der Waals surface area (Å²) in [6, 6.07) is 5.56. The van der Waals surface area contributed by atoms with Crippen LogP contribution in [0.1, 0.15) is 19.3 Å². The smallest absolute Gasteiger partial charge is 0.238 e. The molecule has 1 heterocycles. The summed E-state index contributed by atoms with van der Waals surface area (Å²) in [5, 5.41) is 7.61. The third-order valence-corrected chi connectivity index (χ3v) is 5.52. The van der Waals surface area contributed by atoms with Crippen LogP contribution in [0.25, 0.3) is 0 Å². The Labute approximate surface area is 151 Å². The molecule has 1 aliphatic carbocycles. The van der Waals surface area contributed by atoms with E-state index in [9.17, 15) is 22.8 Å². The quantitative estimate of drug-likeness (QED) is 0.574. The maximum atomic E-state index is 12.3. The number of benzene rings is 1. The predicted molar refractivity (Wildman–Crippen MR) is 93.1 cm³/mol. The van der Waals surface area contributed by atoms with Gasteiger partial charge in [-0.05, 0) is 31.0 Å². The number of hydrogen-bond donors (Lipinski definition) is 2. The van der Waals surface area contributed by atoms with E-state index >= 15 is 0 Å². The molecule has 9 heteroatoms. The maximum absolute atomic E-state index is 12.3. The van der Waals surface area contributed by atoms with Gasteiger partial charge in [0.25, 0.3) is 0 Å². The standard InChI is InChI=1S/C17H19N3O5S/c18-26(24,25)12-5-3-4-11(10-12)19-15(21)8-9-20-16(22)13-6-1-2-7-14(13)17(20)23/h1-5,10,13-14H,6-9H2,(H,19,21)(H2,18,24,25). The Kier molecular flexibility index (Phi) is 4.92. The van der Waals surface area contributed by atoms with Gasteiger partial charge in [0, 0.05) is 18.7 Å². The van der Waals surface area contributed by atoms with Gasteiger partial charge in [0.1, 0.15) is 0 Å². The largest absolute Gasteiger partial charge is 0.326 e. The van der Waals surface area contributed by atoms with E-state index in [2.05, 4.69) is 5.32 Å². The summed E-state index contributed by atoms with van der Waals surface area (Å²) in [7, 11) is -3.87. The number of amides is 3. The van der Waals surface area contributed by atoms with Crippen molar-refractivity contribution in [1.82, 2.24) is 4.90 Å². The molecule has 3 N–H and O–H groups in total. The van der Waals surface area contributed by atoms with Gasteiger partial charge in [-0.2, -0.15) is 0 Å². The summed E-state index contributed by atoms with van der Waals surface area (Å²) in [5.74, 6) is -1.52. The molecule has 138 valence electrons. The van der Waals surface area contributed by atoms with Gasteiger partial charge in [-0.3, -0.25) is 19.3 Å². The van der Waals surface area contributed by atoms with E-state index in [1.54, 1.807) is 0 Å². The molecule has 1 aromatic carbocycles. The number of likely N-dealkylation sites (tertiary alicyclic amines) is 1. The number of nitrogens with two attached hydrogens (primary N) is 1. The Hall–Kier alpha value is -2.52. The normalized spacial score (nSPS) is 22.4. The molecule has 2 atom stereocenters. The summed E-state index contributed by atoms with van der Waals surface area (Å²) < 4.78 is 22.7. The summed E-state index contributed by atoms with van der Waals surface area (Å²) in [5.41, 5.74) is 0.276. The number of carbonyl (C=O) groups is 3. The average Bonchev–Trinajstić information content (AvgIpc) is 2.84. The van der Waals surface area contributed by atoms with Crippen LogP contribution in [0.3, 0.4) is 0 Å². The van der Waals surface area contributed by atoms with Crippen LogP contribution in [-0.2, 0) is 24.4 Å². The molecule has 8 nitrogen and oxygen atoms in total. The lowest BCUT2D eigenvalue weighted by atomic mass is 9.85. The summed E-state index contributed by atoms with van der Waals surface area (Å²) in [4.78, 5) is 37.8. The third-order valence-electron chi connectivity index (χ3n) is 4.61. The Bertz CT molecular complexity index is 867. The molecule has 0 saturated carbocycles. The summed E-state index contributed by atoms with van der Waals surface area (Å²) in [6.07, 6.45) is 4.85. The number of sulfonamides is 1. The van der Waals surface area contributed by atoms with Crippen molar-refractivity contribution >= 4 is 33.4 Å². The zero-order chi connectivity index (χ0) is 18.9. The monoisotopic (exact) mass is 377 g/mol. The minimum absolute atomic E-state index is 0.00534. The first-order valence-electron chi connectivity index (χ1n) is 8.20. The van der Waals surface area contributed by atoms with Gasteiger partial charge in [-0.15, -0.1) is 0 Å². The number of anilines is 1. The third kappa shape index (κ3) is 3.68. The minimum Gasteiger partial charge on any atom is -0.326 e. The first-order valence-corrected chi connectivity index (χ1v) is 9.75. The molecule has 3 amide bonds. The van der Waals surface area contributed by atoms with Crippen molar-refractivity contribution in [1.29, 1.82) is 0 Å². The van der Waals surface area contributed by atoms with E-state index in [1.807, 2.05) is 12.2 Å². The molecule has 2 aliphatic rings. The van der Waals surface area contributed by atoms with Gasteiger partial charge in [0.2, 0.25) is 27.7 Å². The van der Waals surface area contributed by atoms with Crippen molar-refractivity contribution in [2.24, 2.45) is 17.0 Å². The van der Waals surface area contributed by atoms with Crippen molar-refractivity contribution in [3.8, 4) is 0 Å². The van der Waals surface area contributed by atoms with Gasteiger partial charge in [0.05, 0.1) is 16.7 Å². The second kappa shape index (κ2) is 7.00. The van der Waals surface area contributed by atoms with Crippen LogP contribution in [0, 0.1) is 11.8 Å². The zero-order valence-corrected chi connectivity index (χ0v) is 14.7. The molecule has 1 fully saturated rings. The molecule has 1 aromatic rings. The van der Waals surface area contributed by atoms with Crippen LogP contribution in [0.2, 0.25) is 0 Å². The number of imide groups is 1. The van der Waals surface area contributed by atoms with Crippen molar-refractivity contribution in [2.45, 2.75) is 24.2 Å². The average molecular weight is 377 g/mol. The van der Waals surface area contributed by atoms with Crippen LogP contribution < -0.4 is 10.5 Å². The Morgan fingerprint density at radius 2 is 1.77 bits per heavy atom. The molecular formula is C17H19N3O5S. The number of fused-ring (bicyclic) bond motifs is 1. The van der Waals surface area contributed by atoms with Gasteiger partial charge in [-0.25, -0.2) is 13.6 Å². The van der Waals surface area contributed by atoms with Crippen LogP contribution >= 0.6 is 0 Å². The molecule has 0 spiro atoms. The summed E-state index contributed by atoms with van der Waals surface area (Å²) >= 11 is 0. The summed E-state index contributed by atoms with van der Waals surface area (Å²) in [6.45, 7) is 0.00534. The van der Waals surface area contributed by atoms with Crippen molar-refractivity contribution < 1.29 is 22.8 Å². The van der Waals surface area contributed by atoms with Gasteiger partial charge < -0.3 is 5.32 Å².